The van der Waals surface area contributed by atoms with E-state index in [4.69, 9.17) is 41.7 Å². The third-order valence-electron chi connectivity index (χ3n) is 10.4. The summed E-state index contributed by atoms with van der Waals surface area (Å²) < 4.78 is 115. The van der Waals surface area contributed by atoms with Gasteiger partial charge in [-0.05, 0) is 54.8 Å². The second kappa shape index (κ2) is 15.0. The lowest BCUT2D eigenvalue weighted by atomic mass is 9.95. The zero-order valence-electron chi connectivity index (χ0n) is 29.2. The first-order valence-corrected chi connectivity index (χ1v) is 17.1. The molecular formula is C36H31F9N6O6. The van der Waals surface area contributed by atoms with Crippen molar-refractivity contribution in [3.63, 3.8) is 0 Å². The maximum absolute atomic E-state index is 16.6. The molecule has 8 rings (SSSR count). The van der Waals surface area contributed by atoms with Crippen molar-refractivity contribution in [1.29, 1.82) is 0 Å². The molecule has 3 saturated heterocycles. The second-order valence-corrected chi connectivity index (χ2v) is 14.0. The number of ether oxygens (including phenoxy) is 1. The van der Waals surface area contributed by atoms with E-state index in [9.17, 15) is 40.2 Å². The Morgan fingerprint density at radius 3 is 2.25 bits per heavy atom. The Morgan fingerprint density at radius 2 is 1.65 bits per heavy atom. The van der Waals surface area contributed by atoms with E-state index in [0.717, 1.165) is 19.4 Å². The highest BCUT2D eigenvalue weighted by Crippen LogP contribution is 2.47. The normalized spacial score (nSPS) is 23.8. The van der Waals surface area contributed by atoms with Gasteiger partial charge < -0.3 is 30.7 Å². The summed E-state index contributed by atoms with van der Waals surface area (Å²) in [4.78, 5) is 35.6. The number of fused-ring (bicyclic) bond motifs is 4. The molecule has 57 heavy (non-hydrogen) atoms. The van der Waals surface area contributed by atoms with E-state index in [1.54, 1.807) is 0 Å². The van der Waals surface area contributed by atoms with Gasteiger partial charge in [0.2, 0.25) is 0 Å². The Kier molecular flexibility index (Phi) is 10.8. The molecule has 2 aromatic carbocycles. The second-order valence-electron chi connectivity index (χ2n) is 14.0. The molecule has 304 valence electrons. The predicted octanol–water partition coefficient (Wildman–Crippen LogP) is 5.43. The first kappa shape index (κ1) is 41.0. The minimum Gasteiger partial charge on any atom is -0.508 e. The Balaban J connectivity index is 0.000000338. The number of terminal acetylenes is 1. The number of rotatable bonds is 5. The van der Waals surface area contributed by atoms with Gasteiger partial charge in [0, 0.05) is 49.2 Å². The van der Waals surface area contributed by atoms with Crippen molar-refractivity contribution in [2.24, 2.45) is 17.6 Å². The van der Waals surface area contributed by atoms with Crippen LogP contribution in [-0.2, 0) is 9.59 Å². The maximum Gasteiger partial charge on any atom is 0.490 e. The Labute approximate surface area is 316 Å². The average Bonchev–Trinajstić information content (AvgIpc) is 3.50. The molecular weight excluding hydrogens is 783 g/mol. The number of halogens is 9. The molecule has 4 aromatic rings. The molecule has 2 aromatic heterocycles. The molecule has 1 saturated carbocycles. The number of benzene rings is 2. The number of carboxylic acid groups (broad SMARTS) is 2. The molecule has 5 heterocycles. The number of hydrogen-bond acceptors (Lipinski definition) is 10. The van der Waals surface area contributed by atoms with Crippen molar-refractivity contribution in [1.82, 2.24) is 19.9 Å². The Morgan fingerprint density at radius 1 is 1.02 bits per heavy atom. The number of alkyl halides is 7. The summed E-state index contributed by atoms with van der Waals surface area (Å²) in [6.45, 7) is 2.72. The molecule has 5 N–H and O–H groups in total. The van der Waals surface area contributed by atoms with Gasteiger partial charge in [-0.15, -0.1) is 6.42 Å². The molecule has 12 nitrogen and oxygen atoms in total. The quantitative estimate of drug-likeness (QED) is 0.149. The molecule has 4 aliphatic rings. The average molecular weight is 815 g/mol. The third kappa shape index (κ3) is 8.14. The van der Waals surface area contributed by atoms with Crippen LogP contribution in [0.2, 0.25) is 0 Å². The SMILES string of the molecule is C#Cc1c(F)ccc2cc(O)cc(-c3ncc4c(N5C[C@@H]6C(N)[C@@H]6C5)nc(OC[C@@]56CCCN5C[C@H](F)C6)nc4c3F)c12.O=C(O)C(F)(F)F.O=C(O)C(F)(F)F. The predicted molar refractivity (Wildman–Crippen MR) is 183 cm³/mol. The molecule has 4 fully saturated rings. The summed E-state index contributed by atoms with van der Waals surface area (Å²) in [5.74, 6) is -3.56. The third-order valence-corrected chi connectivity index (χ3v) is 10.4. The molecule has 0 radical (unpaired) electrons. The van der Waals surface area contributed by atoms with Gasteiger partial charge in [-0.1, -0.05) is 12.0 Å². The number of pyridine rings is 1. The molecule has 3 aliphatic heterocycles. The number of phenols is 1. The zero-order chi connectivity index (χ0) is 41.8. The number of aliphatic carboxylic acids is 2. The van der Waals surface area contributed by atoms with Crippen molar-refractivity contribution < 1.29 is 69.2 Å². The number of anilines is 1. The number of hydrogen-bond donors (Lipinski definition) is 4. The number of carboxylic acids is 2. The van der Waals surface area contributed by atoms with E-state index in [-0.39, 0.29) is 52.1 Å². The van der Waals surface area contributed by atoms with Crippen LogP contribution in [0.15, 0.2) is 30.5 Å². The molecule has 1 unspecified atom stereocenters. The van der Waals surface area contributed by atoms with Crippen LogP contribution in [0.5, 0.6) is 11.8 Å². The standard InChI is InChI=1S/C32H29F3N6O2.2C2HF3O2/c1-2-19-24(34)5-4-16-8-18(42)9-20(25(16)19)28-26(35)29-21(11-37-28)30(40-13-22-23(14-40)27(22)36)39-31(38-29)43-15-32-6-3-7-41(32)12-17(33)10-32;2*3-2(4,5)1(6)7/h1,4-5,8-9,11,17,22-23,27,42H,3,6-7,10,12-15,36H2;2*(H,6,7)/t17-,22-,23+,27?,32+;;/m1../s1. The van der Waals surface area contributed by atoms with Gasteiger partial charge in [-0.3, -0.25) is 9.88 Å². The number of piperidine rings is 1. The van der Waals surface area contributed by atoms with Crippen LogP contribution in [0.25, 0.3) is 32.9 Å². The van der Waals surface area contributed by atoms with Crippen LogP contribution in [0.4, 0.5) is 45.3 Å². The summed E-state index contributed by atoms with van der Waals surface area (Å²) in [7, 11) is 0. The number of carbonyl (C=O) groups is 2. The highest BCUT2D eigenvalue weighted by molar-refractivity contribution is 6.03. The van der Waals surface area contributed by atoms with Gasteiger partial charge in [-0.2, -0.15) is 36.3 Å². The fourth-order valence-electron chi connectivity index (χ4n) is 7.66. The maximum atomic E-state index is 16.6. The Bertz CT molecular complexity index is 2250. The Hall–Kier alpha value is -5.62. The summed E-state index contributed by atoms with van der Waals surface area (Å²) in [6.07, 6.45) is -1.80. The van der Waals surface area contributed by atoms with E-state index < -0.39 is 47.6 Å². The zero-order valence-corrected chi connectivity index (χ0v) is 29.2. The molecule has 1 aliphatic carbocycles. The number of nitrogens with zero attached hydrogens (tertiary/aromatic N) is 5. The van der Waals surface area contributed by atoms with Gasteiger partial charge >= 0.3 is 30.3 Å². The van der Waals surface area contributed by atoms with Gasteiger partial charge in [0.1, 0.15) is 41.4 Å². The topological polar surface area (TPSA) is 175 Å². The van der Waals surface area contributed by atoms with E-state index >= 15 is 4.39 Å². The summed E-state index contributed by atoms with van der Waals surface area (Å²) in [5, 5.41) is 25.8. The van der Waals surface area contributed by atoms with Crippen molar-refractivity contribution in [3.8, 4) is 35.4 Å². The van der Waals surface area contributed by atoms with Crippen LogP contribution in [-0.4, -0.2) is 110 Å². The lowest BCUT2D eigenvalue weighted by Crippen LogP contribution is -2.43. The van der Waals surface area contributed by atoms with E-state index in [0.29, 0.717) is 54.5 Å². The van der Waals surface area contributed by atoms with E-state index in [1.165, 1.54) is 30.5 Å². The van der Waals surface area contributed by atoms with Crippen molar-refractivity contribution in [3.05, 3.63) is 47.7 Å². The lowest BCUT2D eigenvalue weighted by molar-refractivity contribution is -0.193. The van der Waals surface area contributed by atoms with Crippen LogP contribution in [0.1, 0.15) is 24.8 Å². The molecule has 21 heteroatoms. The van der Waals surface area contributed by atoms with Crippen LogP contribution >= 0.6 is 0 Å². The van der Waals surface area contributed by atoms with Crippen LogP contribution in [0.3, 0.4) is 0 Å². The highest BCUT2D eigenvalue weighted by atomic mass is 19.4. The van der Waals surface area contributed by atoms with Gasteiger partial charge in [0.25, 0.3) is 0 Å². The fourth-order valence-corrected chi connectivity index (χ4v) is 7.66. The number of aromatic nitrogens is 3. The monoisotopic (exact) mass is 814 g/mol. The van der Waals surface area contributed by atoms with E-state index in [1.807, 2.05) is 0 Å². The number of phenolic OH excluding ortho intramolecular Hbond substituents is 1. The highest BCUT2D eigenvalue weighted by Gasteiger charge is 2.54. The first-order valence-electron chi connectivity index (χ1n) is 17.1. The molecule has 0 amide bonds. The number of aromatic hydroxyl groups is 1. The number of nitrogens with two attached hydrogens (primary N) is 1. The summed E-state index contributed by atoms with van der Waals surface area (Å²) in [6, 6.07) is 5.57. The first-order chi connectivity index (χ1) is 26.6. The lowest BCUT2D eigenvalue weighted by Gasteiger charge is -2.31. The van der Waals surface area contributed by atoms with Crippen molar-refractivity contribution >= 4 is 39.4 Å². The van der Waals surface area contributed by atoms with Crippen molar-refractivity contribution in [2.75, 3.05) is 37.7 Å². The summed E-state index contributed by atoms with van der Waals surface area (Å²) in [5.41, 5.74) is 5.65. The van der Waals surface area contributed by atoms with Gasteiger partial charge in [-0.25, -0.2) is 22.8 Å². The minimum atomic E-state index is -5.08. The molecule has 0 spiro atoms. The van der Waals surface area contributed by atoms with Crippen LogP contribution in [0, 0.1) is 35.8 Å². The van der Waals surface area contributed by atoms with Gasteiger partial charge in [0.15, 0.2) is 5.82 Å². The van der Waals surface area contributed by atoms with E-state index in [2.05, 4.69) is 25.7 Å². The molecule has 0 bridgehead atoms. The van der Waals surface area contributed by atoms with Crippen molar-refractivity contribution in [2.45, 2.75) is 49.4 Å². The van der Waals surface area contributed by atoms with Crippen LogP contribution < -0.4 is 15.4 Å². The largest absolute Gasteiger partial charge is 0.508 e. The molecule has 5 atom stereocenters. The summed E-state index contributed by atoms with van der Waals surface area (Å²) >= 11 is 0. The fraction of sp³-hybridized carbons (Fsp3) is 0.417. The smallest absolute Gasteiger partial charge is 0.490 e. The van der Waals surface area contributed by atoms with Gasteiger partial charge in [0.05, 0.1) is 16.5 Å². The minimum absolute atomic E-state index is 0.0110.